The van der Waals surface area contributed by atoms with Crippen molar-refractivity contribution in [3.63, 3.8) is 0 Å². The fraction of sp³-hybridized carbons (Fsp3) is 0.350. The van der Waals surface area contributed by atoms with Crippen molar-refractivity contribution in [3.05, 3.63) is 48.0 Å². The Balaban J connectivity index is 1.82. The van der Waals surface area contributed by atoms with Gasteiger partial charge in [-0.25, -0.2) is 0 Å². The van der Waals surface area contributed by atoms with Crippen molar-refractivity contribution < 1.29 is 23.7 Å². The number of carbonyl (C=O) groups is 1. The highest BCUT2D eigenvalue weighted by Gasteiger charge is 2.14. The SMILES string of the molecule is COc1ccc(O[C@H](C)C(=O)NCCc2ccc(OC)c(OC)c2)cc1. The van der Waals surface area contributed by atoms with Gasteiger partial charge in [0.15, 0.2) is 17.6 Å². The summed E-state index contributed by atoms with van der Waals surface area (Å²) in [5.41, 5.74) is 1.05. The molecular weight excluding hydrogens is 334 g/mol. The summed E-state index contributed by atoms with van der Waals surface area (Å²) in [7, 11) is 4.80. The average Bonchev–Trinajstić information content (AvgIpc) is 2.68. The molecule has 0 heterocycles. The highest BCUT2D eigenvalue weighted by molar-refractivity contribution is 5.80. The summed E-state index contributed by atoms with van der Waals surface area (Å²) in [6, 6.07) is 12.8. The maximum absolute atomic E-state index is 12.2. The summed E-state index contributed by atoms with van der Waals surface area (Å²) in [4.78, 5) is 12.2. The van der Waals surface area contributed by atoms with Crippen LogP contribution in [0.25, 0.3) is 0 Å². The third-order valence-corrected chi connectivity index (χ3v) is 3.90. The zero-order valence-corrected chi connectivity index (χ0v) is 15.6. The molecule has 0 aromatic heterocycles. The smallest absolute Gasteiger partial charge is 0.260 e. The Bertz CT molecular complexity index is 715. The van der Waals surface area contributed by atoms with Crippen molar-refractivity contribution in [2.75, 3.05) is 27.9 Å². The van der Waals surface area contributed by atoms with Crippen molar-refractivity contribution in [2.24, 2.45) is 0 Å². The van der Waals surface area contributed by atoms with Crippen LogP contribution in [-0.4, -0.2) is 39.9 Å². The van der Waals surface area contributed by atoms with Crippen molar-refractivity contribution in [1.82, 2.24) is 5.32 Å². The minimum Gasteiger partial charge on any atom is -0.497 e. The third-order valence-electron chi connectivity index (χ3n) is 3.90. The summed E-state index contributed by atoms with van der Waals surface area (Å²) in [5, 5.41) is 2.88. The van der Waals surface area contributed by atoms with E-state index in [-0.39, 0.29) is 5.91 Å². The molecule has 0 aliphatic heterocycles. The standard InChI is InChI=1S/C20H25NO5/c1-14(26-17-8-6-16(23-2)7-9-17)20(22)21-12-11-15-5-10-18(24-3)19(13-15)25-4/h5-10,13-14H,11-12H2,1-4H3,(H,21,22)/t14-/m1/s1. The number of methoxy groups -OCH3 is 3. The second-order valence-corrected chi connectivity index (χ2v) is 5.67. The predicted molar refractivity (Wildman–Crippen MR) is 99.3 cm³/mol. The van der Waals surface area contributed by atoms with Crippen LogP contribution in [0.1, 0.15) is 12.5 Å². The van der Waals surface area contributed by atoms with Gasteiger partial charge in [-0.05, 0) is 55.3 Å². The van der Waals surface area contributed by atoms with Crippen molar-refractivity contribution in [1.29, 1.82) is 0 Å². The van der Waals surface area contributed by atoms with Gasteiger partial charge in [0.25, 0.3) is 5.91 Å². The molecule has 1 amide bonds. The first kappa shape index (κ1) is 19.4. The summed E-state index contributed by atoms with van der Waals surface area (Å²) < 4.78 is 21.2. The van der Waals surface area contributed by atoms with Crippen LogP contribution in [0, 0.1) is 0 Å². The molecule has 140 valence electrons. The summed E-state index contributed by atoms with van der Waals surface area (Å²) in [6.07, 6.45) is 0.0928. The quantitative estimate of drug-likeness (QED) is 0.746. The first-order chi connectivity index (χ1) is 12.6. The Morgan fingerprint density at radius 3 is 2.19 bits per heavy atom. The van der Waals surface area contributed by atoms with E-state index in [2.05, 4.69) is 5.32 Å². The van der Waals surface area contributed by atoms with E-state index in [0.717, 1.165) is 11.3 Å². The van der Waals surface area contributed by atoms with Gasteiger partial charge in [-0.2, -0.15) is 0 Å². The molecule has 2 aromatic carbocycles. The second-order valence-electron chi connectivity index (χ2n) is 5.67. The molecule has 26 heavy (non-hydrogen) atoms. The molecule has 0 bridgehead atoms. The number of amides is 1. The van der Waals surface area contributed by atoms with Gasteiger partial charge in [0.1, 0.15) is 11.5 Å². The lowest BCUT2D eigenvalue weighted by Crippen LogP contribution is -2.37. The highest BCUT2D eigenvalue weighted by atomic mass is 16.5. The normalized spacial score (nSPS) is 11.4. The zero-order chi connectivity index (χ0) is 18.9. The molecule has 1 N–H and O–H groups in total. The topological polar surface area (TPSA) is 66.0 Å². The number of rotatable bonds is 9. The fourth-order valence-corrected chi connectivity index (χ4v) is 2.42. The van der Waals surface area contributed by atoms with Crippen molar-refractivity contribution in [2.45, 2.75) is 19.4 Å². The Labute approximate surface area is 154 Å². The Morgan fingerprint density at radius 1 is 0.923 bits per heavy atom. The molecule has 6 nitrogen and oxygen atoms in total. The molecule has 0 spiro atoms. The average molecular weight is 359 g/mol. The molecule has 1 atom stereocenters. The number of hydrogen-bond donors (Lipinski definition) is 1. The van der Waals surface area contributed by atoms with E-state index in [1.165, 1.54) is 0 Å². The van der Waals surface area contributed by atoms with E-state index in [0.29, 0.717) is 30.2 Å². The Hall–Kier alpha value is -2.89. The third kappa shape index (κ3) is 5.31. The molecule has 0 saturated heterocycles. The zero-order valence-electron chi connectivity index (χ0n) is 15.6. The Morgan fingerprint density at radius 2 is 1.58 bits per heavy atom. The Kier molecular flexibility index (Phi) is 7.14. The molecule has 0 radical (unpaired) electrons. The number of carbonyl (C=O) groups excluding carboxylic acids is 1. The fourth-order valence-electron chi connectivity index (χ4n) is 2.42. The first-order valence-electron chi connectivity index (χ1n) is 8.36. The lowest BCUT2D eigenvalue weighted by atomic mass is 10.1. The maximum Gasteiger partial charge on any atom is 0.260 e. The van der Waals surface area contributed by atoms with E-state index in [9.17, 15) is 4.79 Å². The van der Waals surface area contributed by atoms with Crippen LogP contribution in [0.4, 0.5) is 0 Å². The minimum absolute atomic E-state index is 0.165. The first-order valence-corrected chi connectivity index (χ1v) is 8.36. The molecule has 6 heteroatoms. The lowest BCUT2D eigenvalue weighted by molar-refractivity contribution is -0.127. The molecule has 0 unspecified atom stereocenters. The van der Waals surface area contributed by atoms with Crippen LogP contribution in [0.3, 0.4) is 0 Å². The van der Waals surface area contributed by atoms with Gasteiger partial charge in [0.05, 0.1) is 21.3 Å². The van der Waals surface area contributed by atoms with Crippen LogP contribution >= 0.6 is 0 Å². The molecule has 2 aromatic rings. The van der Waals surface area contributed by atoms with E-state index in [1.807, 2.05) is 18.2 Å². The molecular formula is C20H25NO5. The number of hydrogen-bond acceptors (Lipinski definition) is 5. The van der Waals surface area contributed by atoms with Gasteiger partial charge in [0.2, 0.25) is 0 Å². The summed E-state index contributed by atoms with van der Waals surface area (Å²) in [5.74, 6) is 2.55. The molecule has 0 aliphatic carbocycles. The monoisotopic (exact) mass is 359 g/mol. The van der Waals surface area contributed by atoms with E-state index in [1.54, 1.807) is 52.5 Å². The summed E-state index contributed by atoms with van der Waals surface area (Å²) >= 11 is 0. The van der Waals surface area contributed by atoms with Crippen LogP contribution in [-0.2, 0) is 11.2 Å². The highest BCUT2D eigenvalue weighted by Crippen LogP contribution is 2.27. The molecule has 2 rings (SSSR count). The van der Waals surface area contributed by atoms with Gasteiger partial charge in [-0.15, -0.1) is 0 Å². The molecule has 0 saturated carbocycles. The maximum atomic E-state index is 12.2. The van der Waals surface area contributed by atoms with Gasteiger partial charge in [-0.3, -0.25) is 4.79 Å². The van der Waals surface area contributed by atoms with Gasteiger partial charge in [-0.1, -0.05) is 6.07 Å². The lowest BCUT2D eigenvalue weighted by Gasteiger charge is -2.15. The van der Waals surface area contributed by atoms with E-state index in [4.69, 9.17) is 18.9 Å². The van der Waals surface area contributed by atoms with Gasteiger partial charge in [0, 0.05) is 6.54 Å². The van der Waals surface area contributed by atoms with Crippen molar-refractivity contribution in [3.8, 4) is 23.0 Å². The summed E-state index contributed by atoms with van der Waals surface area (Å²) in [6.45, 7) is 2.22. The number of ether oxygens (including phenoxy) is 4. The van der Waals surface area contributed by atoms with Crippen LogP contribution in [0.15, 0.2) is 42.5 Å². The van der Waals surface area contributed by atoms with Crippen LogP contribution < -0.4 is 24.3 Å². The van der Waals surface area contributed by atoms with E-state index < -0.39 is 6.10 Å². The number of benzene rings is 2. The minimum atomic E-state index is -0.589. The van der Waals surface area contributed by atoms with E-state index >= 15 is 0 Å². The largest absolute Gasteiger partial charge is 0.497 e. The van der Waals surface area contributed by atoms with Gasteiger partial charge < -0.3 is 24.3 Å². The van der Waals surface area contributed by atoms with Crippen molar-refractivity contribution >= 4 is 5.91 Å². The van der Waals surface area contributed by atoms with Crippen LogP contribution in [0.5, 0.6) is 23.0 Å². The van der Waals surface area contributed by atoms with Crippen LogP contribution in [0.2, 0.25) is 0 Å². The molecule has 0 aliphatic rings. The second kappa shape index (κ2) is 9.56. The predicted octanol–water partition coefficient (Wildman–Crippen LogP) is 2.84. The molecule has 0 fully saturated rings. The number of nitrogens with one attached hydrogen (secondary N) is 1. The van der Waals surface area contributed by atoms with Gasteiger partial charge >= 0.3 is 0 Å².